The van der Waals surface area contributed by atoms with Gasteiger partial charge in [0.2, 0.25) is 0 Å². The molecule has 32 heavy (non-hydrogen) atoms. The van der Waals surface area contributed by atoms with Crippen LogP contribution in [0.3, 0.4) is 0 Å². The zero-order valence-corrected chi connectivity index (χ0v) is 17.3. The van der Waals surface area contributed by atoms with Crippen LogP contribution in [-0.2, 0) is 9.59 Å². The molecule has 0 saturated heterocycles. The van der Waals surface area contributed by atoms with Crippen LogP contribution in [0.1, 0.15) is 12.8 Å². The number of rotatable bonds is 9. The maximum absolute atomic E-state index is 11.1. The Morgan fingerprint density at radius 1 is 0.688 bits per heavy atom. The Morgan fingerprint density at radius 3 is 2.00 bits per heavy atom. The largest absolute Gasteiger partial charge is 0.489 e. The summed E-state index contributed by atoms with van der Waals surface area (Å²) in [5.41, 5.74) is 1.71. The molecule has 0 aliphatic carbocycles. The fourth-order valence-corrected chi connectivity index (χ4v) is 3.75. The second kappa shape index (κ2) is 9.39. The van der Waals surface area contributed by atoms with Crippen molar-refractivity contribution in [1.29, 1.82) is 0 Å². The van der Waals surface area contributed by atoms with E-state index in [-0.39, 0.29) is 26.1 Å². The highest BCUT2D eigenvalue weighted by atomic mass is 16.5. The van der Waals surface area contributed by atoms with Gasteiger partial charge in [-0.3, -0.25) is 9.59 Å². The lowest BCUT2D eigenvalue weighted by molar-refractivity contribution is -0.138. The highest BCUT2D eigenvalue weighted by molar-refractivity contribution is 6.08. The van der Waals surface area contributed by atoms with Crippen molar-refractivity contribution in [2.75, 3.05) is 13.2 Å². The Labute approximate surface area is 184 Å². The summed E-state index contributed by atoms with van der Waals surface area (Å²) in [6.07, 6.45) is -0.332. The Bertz CT molecular complexity index is 1290. The minimum atomic E-state index is -0.967. The van der Waals surface area contributed by atoms with Gasteiger partial charge in [0.15, 0.2) is 11.5 Å². The van der Waals surface area contributed by atoms with Gasteiger partial charge in [-0.25, -0.2) is 0 Å². The molecule has 2 N–H and O–H groups in total. The Kier molecular flexibility index (Phi) is 6.22. The summed E-state index contributed by atoms with van der Waals surface area (Å²) in [6.45, 7) is -0.0708. The second-order valence-electron chi connectivity index (χ2n) is 7.31. The first kappa shape index (κ1) is 21.2. The van der Waals surface area contributed by atoms with E-state index in [1.54, 1.807) is 0 Å². The first-order valence-electron chi connectivity index (χ1n) is 10.3. The van der Waals surface area contributed by atoms with Gasteiger partial charge in [-0.2, -0.15) is 0 Å². The lowest BCUT2D eigenvalue weighted by Crippen LogP contribution is -2.09. The molecule has 4 rings (SSSR count). The van der Waals surface area contributed by atoms with Crippen molar-refractivity contribution in [2.24, 2.45) is 0 Å². The zero-order valence-electron chi connectivity index (χ0n) is 17.3. The van der Waals surface area contributed by atoms with Gasteiger partial charge in [0.05, 0.1) is 26.1 Å². The van der Waals surface area contributed by atoms with E-state index in [1.807, 2.05) is 72.8 Å². The van der Waals surface area contributed by atoms with Gasteiger partial charge in [0, 0.05) is 5.56 Å². The normalized spacial score (nSPS) is 10.9. The molecule has 0 bridgehead atoms. The summed E-state index contributed by atoms with van der Waals surface area (Å²) in [5.74, 6) is -1.13. The fraction of sp³-hybridized carbons (Fsp3) is 0.154. The number of ether oxygens (including phenoxy) is 2. The SMILES string of the molecule is O=C(O)CCOc1cc2ccccc2c(-c2cccc3ccccc23)c1OCCC(=O)O. The fourth-order valence-electron chi connectivity index (χ4n) is 3.75. The number of carboxylic acids is 2. The average molecular weight is 430 g/mol. The van der Waals surface area contributed by atoms with Crippen LogP contribution < -0.4 is 9.47 Å². The first-order chi connectivity index (χ1) is 15.5. The predicted molar refractivity (Wildman–Crippen MR) is 122 cm³/mol. The molecule has 0 aliphatic rings. The highest BCUT2D eigenvalue weighted by Gasteiger charge is 2.20. The topological polar surface area (TPSA) is 93.1 Å². The molecule has 0 unspecified atom stereocenters. The van der Waals surface area contributed by atoms with Crippen LogP contribution in [0.2, 0.25) is 0 Å². The van der Waals surface area contributed by atoms with Crippen LogP contribution in [-0.4, -0.2) is 35.4 Å². The molecule has 0 spiro atoms. The van der Waals surface area contributed by atoms with E-state index in [0.717, 1.165) is 32.7 Å². The van der Waals surface area contributed by atoms with Crippen molar-refractivity contribution in [3.63, 3.8) is 0 Å². The third kappa shape index (κ3) is 4.49. The minimum Gasteiger partial charge on any atom is -0.489 e. The number of hydrogen-bond acceptors (Lipinski definition) is 4. The molecular formula is C26H22O6. The Balaban J connectivity index is 1.95. The van der Waals surface area contributed by atoms with E-state index in [9.17, 15) is 9.59 Å². The maximum Gasteiger partial charge on any atom is 0.306 e. The van der Waals surface area contributed by atoms with Crippen molar-refractivity contribution in [2.45, 2.75) is 12.8 Å². The van der Waals surface area contributed by atoms with Crippen LogP contribution >= 0.6 is 0 Å². The standard InChI is InChI=1S/C26H22O6/c27-23(28)12-14-31-22-16-18-7-2-4-10-20(18)25(26(22)32-15-13-24(29)30)21-11-5-8-17-6-1-3-9-19(17)21/h1-11,16H,12-15H2,(H,27,28)(H,29,30). The lowest BCUT2D eigenvalue weighted by atomic mass is 9.92. The third-order valence-corrected chi connectivity index (χ3v) is 5.16. The van der Waals surface area contributed by atoms with E-state index in [0.29, 0.717) is 11.5 Å². The van der Waals surface area contributed by atoms with Crippen LogP contribution in [0.5, 0.6) is 11.5 Å². The Morgan fingerprint density at radius 2 is 1.28 bits per heavy atom. The summed E-state index contributed by atoms with van der Waals surface area (Å²) in [7, 11) is 0. The summed E-state index contributed by atoms with van der Waals surface area (Å²) in [6, 6.07) is 23.6. The van der Waals surface area contributed by atoms with E-state index < -0.39 is 11.9 Å². The molecule has 0 radical (unpaired) electrons. The van der Waals surface area contributed by atoms with Crippen LogP contribution in [0.15, 0.2) is 72.8 Å². The van der Waals surface area contributed by atoms with Gasteiger partial charge >= 0.3 is 11.9 Å². The van der Waals surface area contributed by atoms with Crippen molar-refractivity contribution in [3.8, 4) is 22.6 Å². The van der Waals surface area contributed by atoms with Crippen LogP contribution in [0.25, 0.3) is 32.7 Å². The summed E-state index contributed by atoms with van der Waals surface area (Å²) in [4.78, 5) is 22.1. The van der Waals surface area contributed by atoms with E-state index in [2.05, 4.69) is 0 Å². The highest BCUT2D eigenvalue weighted by Crippen LogP contribution is 2.46. The van der Waals surface area contributed by atoms with Gasteiger partial charge in [0.1, 0.15) is 0 Å². The number of carboxylic acid groups (broad SMARTS) is 2. The van der Waals surface area contributed by atoms with Crippen molar-refractivity contribution >= 4 is 33.5 Å². The van der Waals surface area contributed by atoms with Crippen molar-refractivity contribution in [3.05, 3.63) is 72.8 Å². The number of aliphatic carboxylic acids is 2. The molecule has 0 atom stereocenters. The number of benzene rings is 4. The molecule has 4 aromatic rings. The van der Waals surface area contributed by atoms with Crippen LogP contribution in [0, 0.1) is 0 Å². The molecule has 0 heterocycles. The molecule has 0 saturated carbocycles. The molecular weight excluding hydrogens is 408 g/mol. The Hall–Kier alpha value is -4.06. The second-order valence-corrected chi connectivity index (χ2v) is 7.31. The average Bonchev–Trinajstić information content (AvgIpc) is 2.78. The monoisotopic (exact) mass is 430 g/mol. The zero-order chi connectivity index (χ0) is 22.5. The number of fused-ring (bicyclic) bond motifs is 2. The molecule has 0 aromatic heterocycles. The van der Waals surface area contributed by atoms with Gasteiger partial charge in [0.25, 0.3) is 0 Å². The lowest BCUT2D eigenvalue weighted by Gasteiger charge is -2.20. The molecule has 4 aromatic carbocycles. The molecule has 162 valence electrons. The van der Waals surface area contributed by atoms with Gasteiger partial charge in [-0.15, -0.1) is 0 Å². The summed E-state index contributed by atoms with van der Waals surface area (Å²) in [5, 5.41) is 22.0. The summed E-state index contributed by atoms with van der Waals surface area (Å²) >= 11 is 0. The molecule has 6 nitrogen and oxygen atoms in total. The maximum atomic E-state index is 11.1. The van der Waals surface area contributed by atoms with Gasteiger partial charge in [-0.05, 0) is 33.2 Å². The summed E-state index contributed by atoms with van der Waals surface area (Å²) < 4.78 is 11.8. The molecule has 0 amide bonds. The number of carbonyl (C=O) groups is 2. The van der Waals surface area contributed by atoms with Gasteiger partial charge < -0.3 is 19.7 Å². The van der Waals surface area contributed by atoms with Crippen molar-refractivity contribution < 1.29 is 29.3 Å². The molecule has 6 heteroatoms. The minimum absolute atomic E-state index is 0.0298. The smallest absolute Gasteiger partial charge is 0.306 e. The third-order valence-electron chi connectivity index (χ3n) is 5.16. The quantitative estimate of drug-likeness (QED) is 0.371. The first-order valence-corrected chi connectivity index (χ1v) is 10.3. The van der Waals surface area contributed by atoms with Crippen molar-refractivity contribution in [1.82, 2.24) is 0 Å². The van der Waals surface area contributed by atoms with E-state index >= 15 is 0 Å². The number of hydrogen-bond donors (Lipinski definition) is 2. The van der Waals surface area contributed by atoms with E-state index in [1.165, 1.54) is 0 Å². The predicted octanol–water partition coefficient (Wildman–Crippen LogP) is 5.37. The van der Waals surface area contributed by atoms with E-state index in [4.69, 9.17) is 19.7 Å². The van der Waals surface area contributed by atoms with Gasteiger partial charge in [-0.1, -0.05) is 66.7 Å². The molecule has 0 aliphatic heterocycles. The molecule has 0 fully saturated rings. The van der Waals surface area contributed by atoms with Crippen LogP contribution in [0.4, 0.5) is 0 Å².